The van der Waals surface area contributed by atoms with E-state index in [-0.39, 0.29) is 10.9 Å². The molecule has 0 bridgehead atoms. The van der Waals surface area contributed by atoms with E-state index >= 15 is 0 Å². The van der Waals surface area contributed by atoms with Gasteiger partial charge in [0, 0.05) is 18.7 Å². The predicted octanol–water partition coefficient (Wildman–Crippen LogP) is 1.97. The molecule has 0 aromatic heterocycles. The second kappa shape index (κ2) is 5.85. The van der Waals surface area contributed by atoms with E-state index in [2.05, 4.69) is 40.8 Å². The Balaban J connectivity index is 2.13. The van der Waals surface area contributed by atoms with Gasteiger partial charge in [-0.2, -0.15) is 0 Å². The van der Waals surface area contributed by atoms with Crippen molar-refractivity contribution in [2.45, 2.75) is 51.7 Å². The van der Waals surface area contributed by atoms with E-state index in [9.17, 15) is 9.59 Å². The number of hydrogen-bond donors (Lipinski definition) is 1. The van der Waals surface area contributed by atoms with Gasteiger partial charge in [0.15, 0.2) is 8.32 Å². The minimum Gasteiger partial charge on any atom is -0.432 e. The first-order valence-electron chi connectivity index (χ1n) is 8.11. The Kier molecular flexibility index (Phi) is 4.60. The van der Waals surface area contributed by atoms with Gasteiger partial charge in [0.05, 0.1) is 0 Å². The molecule has 1 fully saturated rings. The average Bonchev–Trinajstić information content (AvgIpc) is 2.71. The van der Waals surface area contributed by atoms with E-state index in [1.807, 2.05) is 24.1 Å². The van der Waals surface area contributed by atoms with Crippen molar-refractivity contribution in [3.8, 4) is 0 Å². The fraction of sp³-hybridized carbons (Fsp3) is 0.588. The van der Waals surface area contributed by atoms with Crippen molar-refractivity contribution in [1.29, 1.82) is 0 Å². The van der Waals surface area contributed by atoms with Crippen LogP contribution >= 0.6 is 0 Å². The third-order valence-electron chi connectivity index (χ3n) is 5.46. The lowest BCUT2D eigenvalue weighted by molar-refractivity contribution is -0.117. The molecule has 0 spiro atoms. The number of carbonyl (C=O) groups excluding carboxylic acids is 1. The van der Waals surface area contributed by atoms with Crippen LogP contribution in [0.4, 0.5) is 5.69 Å². The number of carbonyl (C=O) groups is 1. The first-order chi connectivity index (χ1) is 10.0. The quantitative estimate of drug-likeness (QED) is 0.863. The number of benzene rings is 1. The van der Waals surface area contributed by atoms with Crippen LogP contribution in [0.2, 0.25) is 18.1 Å². The maximum absolute atomic E-state index is 12.4. The van der Waals surface area contributed by atoms with Crippen molar-refractivity contribution in [3.05, 3.63) is 23.8 Å². The van der Waals surface area contributed by atoms with E-state index in [1.165, 1.54) is 11.0 Å². The zero-order valence-electron chi connectivity index (χ0n) is 14.7. The van der Waals surface area contributed by atoms with Gasteiger partial charge in [-0.15, -0.1) is 0 Å². The molecular formula is C17H28BNO2Si. The van der Waals surface area contributed by atoms with E-state index in [0.717, 1.165) is 18.7 Å². The molecule has 1 aliphatic rings. The monoisotopic (exact) mass is 317 g/mol. The molecule has 22 heavy (non-hydrogen) atoms. The maximum atomic E-state index is 12.4. The Morgan fingerprint density at radius 3 is 2.59 bits per heavy atom. The number of hydrogen-bond acceptors (Lipinski definition) is 2. The van der Waals surface area contributed by atoms with Gasteiger partial charge in [0.25, 0.3) is 0 Å². The number of nitrogens with zero attached hydrogens (tertiary/aromatic N) is 1. The molecule has 120 valence electrons. The summed E-state index contributed by atoms with van der Waals surface area (Å²) in [5.41, 5.74) is 3.48. The molecule has 1 N–H and O–H groups in total. The number of amides is 1. The van der Waals surface area contributed by atoms with Crippen molar-refractivity contribution >= 4 is 33.2 Å². The van der Waals surface area contributed by atoms with Gasteiger partial charge in [0.1, 0.15) is 7.85 Å². The summed E-state index contributed by atoms with van der Waals surface area (Å²) in [5, 5.41) is -0.0723. The lowest BCUT2D eigenvalue weighted by Crippen LogP contribution is -2.40. The molecule has 2 rings (SSSR count). The van der Waals surface area contributed by atoms with Gasteiger partial charge in [-0.3, -0.25) is 4.79 Å². The Bertz CT molecular complexity index is 581. The van der Waals surface area contributed by atoms with Gasteiger partial charge in [0.2, 0.25) is 5.91 Å². The largest absolute Gasteiger partial charge is 0.432 e. The van der Waals surface area contributed by atoms with Gasteiger partial charge in [-0.1, -0.05) is 30.9 Å². The van der Waals surface area contributed by atoms with Gasteiger partial charge in [-0.25, -0.2) is 0 Å². The first kappa shape index (κ1) is 17.3. The standard InChI is InChI=1S/C17H28BNO2Si/c1-12-8-14(6-7-15(12)18)19-11-13(9-16(19)20)10-17(2,3)22(4,5)21/h6-8,13,21H,9-11,18H2,1-5H3/t13-/m0/s1. The van der Waals surface area contributed by atoms with E-state index in [4.69, 9.17) is 0 Å². The number of rotatable bonds is 4. The second-order valence-electron chi connectivity index (χ2n) is 7.99. The molecular weight excluding hydrogens is 289 g/mol. The number of aryl methyl sites for hydroxylation is 1. The van der Waals surface area contributed by atoms with Crippen LogP contribution in [0, 0.1) is 12.8 Å². The van der Waals surface area contributed by atoms with E-state index in [1.54, 1.807) is 0 Å². The van der Waals surface area contributed by atoms with Gasteiger partial charge in [-0.05, 0) is 49.5 Å². The van der Waals surface area contributed by atoms with Crippen LogP contribution in [-0.4, -0.2) is 33.4 Å². The summed E-state index contributed by atoms with van der Waals surface area (Å²) in [4.78, 5) is 24.8. The summed E-state index contributed by atoms with van der Waals surface area (Å²) in [6.45, 7) is 11.1. The lowest BCUT2D eigenvalue weighted by atomic mass is 9.91. The minimum atomic E-state index is -2.22. The molecule has 1 aliphatic heterocycles. The maximum Gasteiger partial charge on any atom is 0.227 e. The molecule has 0 aliphatic carbocycles. The van der Waals surface area contributed by atoms with Crippen molar-refractivity contribution in [2.24, 2.45) is 5.92 Å². The fourth-order valence-electron chi connectivity index (χ4n) is 3.03. The molecule has 1 atom stereocenters. The Morgan fingerprint density at radius 2 is 2.05 bits per heavy atom. The topological polar surface area (TPSA) is 40.5 Å². The lowest BCUT2D eigenvalue weighted by Gasteiger charge is -2.36. The molecule has 1 aromatic rings. The Labute approximate surface area is 136 Å². The Hall–Kier alpha value is -1.07. The van der Waals surface area contributed by atoms with Crippen LogP contribution < -0.4 is 10.4 Å². The molecule has 0 radical (unpaired) electrons. The third-order valence-corrected chi connectivity index (χ3v) is 8.98. The van der Waals surface area contributed by atoms with Crippen LogP contribution in [0.25, 0.3) is 0 Å². The molecule has 1 saturated heterocycles. The summed E-state index contributed by atoms with van der Waals surface area (Å²) < 4.78 is 0. The van der Waals surface area contributed by atoms with Crippen LogP contribution in [-0.2, 0) is 4.79 Å². The zero-order valence-corrected chi connectivity index (χ0v) is 15.7. The van der Waals surface area contributed by atoms with Gasteiger partial charge >= 0.3 is 0 Å². The van der Waals surface area contributed by atoms with Crippen molar-refractivity contribution in [1.82, 2.24) is 0 Å². The van der Waals surface area contributed by atoms with E-state index < -0.39 is 8.32 Å². The minimum absolute atomic E-state index is 0.0723. The van der Waals surface area contributed by atoms with Gasteiger partial charge < -0.3 is 9.70 Å². The van der Waals surface area contributed by atoms with Crippen LogP contribution in [0.1, 0.15) is 32.3 Å². The van der Waals surface area contributed by atoms with Crippen molar-refractivity contribution < 1.29 is 9.59 Å². The fourth-order valence-corrected chi connectivity index (χ4v) is 3.82. The average molecular weight is 317 g/mol. The predicted molar refractivity (Wildman–Crippen MR) is 98.2 cm³/mol. The van der Waals surface area contributed by atoms with Crippen LogP contribution in [0.3, 0.4) is 0 Å². The summed E-state index contributed by atoms with van der Waals surface area (Å²) in [5.74, 6) is 0.546. The molecule has 1 amide bonds. The molecule has 1 heterocycles. The molecule has 0 saturated carbocycles. The molecule has 1 aromatic carbocycles. The molecule has 5 heteroatoms. The molecule has 0 unspecified atom stereocenters. The summed E-state index contributed by atoms with van der Waals surface area (Å²) >= 11 is 0. The number of anilines is 1. The summed E-state index contributed by atoms with van der Waals surface area (Å²) in [6, 6.07) is 6.23. The normalized spacial score (nSPS) is 19.8. The molecule has 3 nitrogen and oxygen atoms in total. The zero-order chi connectivity index (χ0) is 16.7. The first-order valence-corrected chi connectivity index (χ1v) is 11.1. The second-order valence-corrected chi connectivity index (χ2v) is 12.5. The highest BCUT2D eigenvalue weighted by Crippen LogP contribution is 2.44. The summed E-state index contributed by atoms with van der Waals surface area (Å²) in [6.07, 6.45) is 1.51. The highest BCUT2D eigenvalue weighted by molar-refractivity contribution is 6.72. The Morgan fingerprint density at radius 1 is 1.41 bits per heavy atom. The van der Waals surface area contributed by atoms with Crippen LogP contribution in [0.5, 0.6) is 0 Å². The smallest absolute Gasteiger partial charge is 0.227 e. The highest BCUT2D eigenvalue weighted by atomic mass is 28.4. The van der Waals surface area contributed by atoms with E-state index in [0.29, 0.717) is 12.3 Å². The van der Waals surface area contributed by atoms with Crippen molar-refractivity contribution in [3.63, 3.8) is 0 Å². The van der Waals surface area contributed by atoms with Crippen LogP contribution in [0.15, 0.2) is 18.2 Å². The summed E-state index contributed by atoms with van der Waals surface area (Å²) in [7, 11) is -0.134. The van der Waals surface area contributed by atoms with Crippen molar-refractivity contribution in [2.75, 3.05) is 11.4 Å². The highest BCUT2D eigenvalue weighted by Gasteiger charge is 2.42. The third kappa shape index (κ3) is 3.46. The SMILES string of the molecule is Bc1ccc(N2C[C@H](CC(C)(C)[Si](C)(C)O)CC2=O)cc1C.